The van der Waals surface area contributed by atoms with E-state index in [0.717, 1.165) is 23.7 Å². The summed E-state index contributed by atoms with van der Waals surface area (Å²) in [6, 6.07) is 0.713. The zero-order valence-corrected chi connectivity index (χ0v) is 13.4. The fraction of sp³-hybridized carbons (Fsp3) is 1.00. The SMILES string of the molecule is CCN(CC(C)C)CC1C(C)CC(C)CC1NC. The van der Waals surface area contributed by atoms with Gasteiger partial charge in [0.25, 0.3) is 0 Å². The van der Waals surface area contributed by atoms with Crippen LogP contribution in [0.5, 0.6) is 0 Å². The van der Waals surface area contributed by atoms with Crippen molar-refractivity contribution >= 4 is 0 Å². The van der Waals surface area contributed by atoms with Crippen LogP contribution in [0, 0.1) is 23.7 Å². The quantitative estimate of drug-likeness (QED) is 0.783. The summed E-state index contributed by atoms with van der Waals surface area (Å²) < 4.78 is 0. The van der Waals surface area contributed by atoms with Crippen LogP contribution in [0.15, 0.2) is 0 Å². The molecule has 1 saturated carbocycles. The highest BCUT2D eigenvalue weighted by molar-refractivity contribution is 4.88. The molecule has 4 atom stereocenters. The van der Waals surface area contributed by atoms with E-state index in [0.29, 0.717) is 6.04 Å². The first-order valence-electron chi connectivity index (χ1n) is 7.87. The van der Waals surface area contributed by atoms with Crippen molar-refractivity contribution < 1.29 is 0 Å². The van der Waals surface area contributed by atoms with Crippen molar-refractivity contribution in [2.24, 2.45) is 23.7 Å². The van der Waals surface area contributed by atoms with Crippen LogP contribution in [0.1, 0.15) is 47.5 Å². The number of hydrogen-bond acceptors (Lipinski definition) is 2. The van der Waals surface area contributed by atoms with Gasteiger partial charge in [0.15, 0.2) is 0 Å². The van der Waals surface area contributed by atoms with Crippen LogP contribution < -0.4 is 5.32 Å². The molecule has 1 aliphatic carbocycles. The maximum absolute atomic E-state index is 3.57. The van der Waals surface area contributed by atoms with Crippen LogP contribution in [0.4, 0.5) is 0 Å². The lowest BCUT2D eigenvalue weighted by molar-refractivity contribution is 0.101. The molecule has 0 bridgehead atoms. The second-order valence-electron chi connectivity index (χ2n) is 6.86. The Morgan fingerprint density at radius 2 is 1.89 bits per heavy atom. The monoisotopic (exact) mass is 254 g/mol. The van der Waals surface area contributed by atoms with E-state index < -0.39 is 0 Å². The van der Waals surface area contributed by atoms with Gasteiger partial charge in [0, 0.05) is 19.1 Å². The van der Waals surface area contributed by atoms with E-state index in [2.05, 4.69) is 51.9 Å². The first-order valence-corrected chi connectivity index (χ1v) is 7.87. The standard InChI is InChI=1S/C16H34N2/c1-7-18(10-12(2)3)11-15-14(5)8-13(4)9-16(15)17-6/h12-17H,7-11H2,1-6H3. The molecule has 0 saturated heterocycles. The van der Waals surface area contributed by atoms with Crippen molar-refractivity contribution in [3.05, 3.63) is 0 Å². The summed E-state index contributed by atoms with van der Waals surface area (Å²) in [6.07, 6.45) is 2.76. The molecule has 2 nitrogen and oxygen atoms in total. The smallest absolute Gasteiger partial charge is 0.0110 e. The summed E-state index contributed by atoms with van der Waals surface area (Å²) in [7, 11) is 2.14. The summed E-state index contributed by atoms with van der Waals surface area (Å²) in [5.74, 6) is 3.34. The molecule has 1 rings (SSSR count). The molecule has 0 radical (unpaired) electrons. The molecule has 2 heteroatoms. The highest BCUT2D eigenvalue weighted by Crippen LogP contribution is 2.34. The van der Waals surface area contributed by atoms with Gasteiger partial charge in [-0.3, -0.25) is 0 Å². The lowest BCUT2D eigenvalue weighted by Gasteiger charge is -2.42. The first kappa shape index (κ1) is 16.0. The molecule has 18 heavy (non-hydrogen) atoms. The maximum atomic E-state index is 3.57. The topological polar surface area (TPSA) is 15.3 Å². The van der Waals surface area contributed by atoms with Crippen molar-refractivity contribution in [3.8, 4) is 0 Å². The second-order valence-corrected chi connectivity index (χ2v) is 6.86. The van der Waals surface area contributed by atoms with Crippen molar-refractivity contribution in [1.82, 2.24) is 10.2 Å². The van der Waals surface area contributed by atoms with Crippen molar-refractivity contribution in [1.29, 1.82) is 0 Å². The zero-order chi connectivity index (χ0) is 13.7. The normalized spacial score (nSPS) is 33.3. The summed E-state index contributed by atoms with van der Waals surface area (Å²) in [5, 5.41) is 3.57. The Kier molecular flexibility index (Phi) is 6.65. The molecular formula is C16H34N2. The Morgan fingerprint density at radius 1 is 1.22 bits per heavy atom. The minimum absolute atomic E-state index is 0.713. The number of rotatable bonds is 6. The molecule has 0 amide bonds. The Hall–Kier alpha value is -0.0800. The van der Waals surface area contributed by atoms with E-state index in [1.165, 1.54) is 32.5 Å². The van der Waals surface area contributed by atoms with Gasteiger partial charge in [0.05, 0.1) is 0 Å². The summed E-state index contributed by atoms with van der Waals surface area (Å²) in [4.78, 5) is 2.64. The number of hydrogen-bond donors (Lipinski definition) is 1. The van der Waals surface area contributed by atoms with Gasteiger partial charge in [-0.05, 0) is 50.1 Å². The van der Waals surface area contributed by atoms with Crippen LogP contribution in [0.3, 0.4) is 0 Å². The van der Waals surface area contributed by atoms with Crippen LogP contribution >= 0.6 is 0 Å². The molecule has 1 aliphatic rings. The average molecular weight is 254 g/mol. The minimum atomic E-state index is 0.713. The zero-order valence-electron chi connectivity index (χ0n) is 13.4. The van der Waals surface area contributed by atoms with E-state index in [1.807, 2.05) is 0 Å². The molecule has 1 fully saturated rings. The Labute approximate surface area is 115 Å². The molecule has 108 valence electrons. The van der Waals surface area contributed by atoms with Gasteiger partial charge < -0.3 is 10.2 Å². The predicted molar refractivity (Wildman–Crippen MR) is 80.9 cm³/mol. The lowest BCUT2D eigenvalue weighted by Crippen LogP contribution is -2.48. The van der Waals surface area contributed by atoms with Gasteiger partial charge in [0.1, 0.15) is 0 Å². The first-order chi connectivity index (χ1) is 8.47. The lowest BCUT2D eigenvalue weighted by atomic mass is 9.72. The highest BCUT2D eigenvalue weighted by Gasteiger charge is 2.33. The summed E-state index contributed by atoms with van der Waals surface area (Å²) in [6.45, 7) is 15.5. The Morgan fingerprint density at radius 3 is 2.39 bits per heavy atom. The fourth-order valence-electron chi connectivity index (χ4n) is 3.70. The number of nitrogens with one attached hydrogen (secondary N) is 1. The van der Waals surface area contributed by atoms with Crippen LogP contribution in [0.2, 0.25) is 0 Å². The van der Waals surface area contributed by atoms with E-state index in [4.69, 9.17) is 0 Å². The molecule has 0 aromatic heterocycles. The van der Waals surface area contributed by atoms with E-state index in [-0.39, 0.29) is 0 Å². The summed E-state index contributed by atoms with van der Waals surface area (Å²) >= 11 is 0. The summed E-state index contributed by atoms with van der Waals surface area (Å²) in [5.41, 5.74) is 0. The van der Waals surface area contributed by atoms with Gasteiger partial charge in [-0.25, -0.2) is 0 Å². The maximum Gasteiger partial charge on any atom is 0.0110 e. The van der Waals surface area contributed by atoms with Gasteiger partial charge >= 0.3 is 0 Å². The molecule has 4 unspecified atom stereocenters. The predicted octanol–water partition coefficient (Wildman–Crippen LogP) is 3.23. The molecule has 0 heterocycles. The van der Waals surface area contributed by atoms with Crippen LogP contribution in [-0.2, 0) is 0 Å². The molecule has 0 aliphatic heterocycles. The van der Waals surface area contributed by atoms with Gasteiger partial charge in [0.2, 0.25) is 0 Å². The molecule has 0 spiro atoms. The van der Waals surface area contributed by atoms with E-state index in [1.54, 1.807) is 0 Å². The fourth-order valence-corrected chi connectivity index (χ4v) is 3.70. The van der Waals surface area contributed by atoms with Gasteiger partial charge in [-0.2, -0.15) is 0 Å². The molecule has 0 aromatic rings. The third-order valence-electron chi connectivity index (χ3n) is 4.59. The second kappa shape index (κ2) is 7.49. The van der Waals surface area contributed by atoms with Crippen LogP contribution in [-0.4, -0.2) is 37.6 Å². The van der Waals surface area contributed by atoms with Crippen molar-refractivity contribution in [3.63, 3.8) is 0 Å². The number of nitrogens with zero attached hydrogens (tertiary/aromatic N) is 1. The van der Waals surface area contributed by atoms with Crippen molar-refractivity contribution in [2.45, 2.75) is 53.5 Å². The molecular weight excluding hydrogens is 220 g/mol. The van der Waals surface area contributed by atoms with Gasteiger partial charge in [-0.1, -0.05) is 34.6 Å². The van der Waals surface area contributed by atoms with Crippen LogP contribution in [0.25, 0.3) is 0 Å². The Balaban J connectivity index is 2.60. The third kappa shape index (κ3) is 4.55. The van der Waals surface area contributed by atoms with E-state index in [9.17, 15) is 0 Å². The van der Waals surface area contributed by atoms with Gasteiger partial charge in [-0.15, -0.1) is 0 Å². The van der Waals surface area contributed by atoms with Crippen molar-refractivity contribution in [2.75, 3.05) is 26.7 Å². The largest absolute Gasteiger partial charge is 0.317 e. The Bertz CT molecular complexity index is 227. The molecule has 0 aromatic carbocycles. The third-order valence-corrected chi connectivity index (χ3v) is 4.59. The van der Waals surface area contributed by atoms with E-state index >= 15 is 0 Å². The molecule has 1 N–H and O–H groups in total. The average Bonchev–Trinajstić information content (AvgIpc) is 2.30. The highest BCUT2D eigenvalue weighted by atomic mass is 15.1. The minimum Gasteiger partial charge on any atom is -0.317 e.